The van der Waals surface area contributed by atoms with E-state index in [2.05, 4.69) is 31.9 Å². The lowest BCUT2D eigenvalue weighted by Gasteiger charge is -2.19. The van der Waals surface area contributed by atoms with Gasteiger partial charge in [0.2, 0.25) is 0 Å². The van der Waals surface area contributed by atoms with Gasteiger partial charge in [-0.3, -0.25) is 4.79 Å². The third-order valence-electron chi connectivity index (χ3n) is 2.97. The zero-order chi connectivity index (χ0) is 15.6. The lowest BCUT2D eigenvalue weighted by atomic mass is 10.1. The molecule has 2 aromatic carbocycles. The normalized spacial score (nSPS) is 10.5. The maximum Gasteiger partial charge on any atom is 0.255 e. The van der Waals surface area contributed by atoms with Crippen molar-refractivity contribution in [3.63, 3.8) is 0 Å². The Hall–Kier alpha value is -0.910. The van der Waals surface area contributed by atoms with E-state index in [1.165, 1.54) is 17.0 Å². The van der Waals surface area contributed by atoms with Crippen LogP contribution in [-0.2, 0) is 6.54 Å². The fourth-order valence-corrected chi connectivity index (χ4v) is 3.30. The Balaban J connectivity index is 2.24. The van der Waals surface area contributed by atoms with Gasteiger partial charge in [0.05, 0.1) is 5.56 Å². The van der Waals surface area contributed by atoms with Crippen molar-refractivity contribution < 1.29 is 9.18 Å². The Morgan fingerprint density at radius 1 is 1.29 bits per heavy atom. The number of carbonyl (C=O) groups excluding carboxylic acids is 1. The molecule has 0 aliphatic heterocycles. The molecule has 0 aromatic heterocycles. The summed E-state index contributed by atoms with van der Waals surface area (Å²) in [5.41, 5.74) is 0.816. The third-order valence-corrected chi connectivity index (χ3v) is 4.47. The number of halogens is 4. The van der Waals surface area contributed by atoms with Crippen molar-refractivity contribution in [2.24, 2.45) is 0 Å². The summed E-state index contributed by atoms with van der Waals surface area (Å²) in [5, 5.41) is 0.310. The Morgan fingerprint density at radius 3 is 2.62 bits per heavy atom. The molecule has 2 nitrogen and oxygen atoms in total. The van der Waals surface area contributed by atoms with E-state index in [0.717, 1.165) is 4.47 Å². The van der Waals surface area contributed by atoms with E-state index in [1.54, 1.807) is 31.3 Å². The van der Waals surface area contributed by atoms with E-state index in [4.69, 9.17) is 11.6 Å². The first-order chi connectivity index (χ1) is 9.90. The Labute approximate surface area is 144 Å². The van der Waals surface area contributed by atoms with Crippen LogP contribution in [0.25, 0.3) is 0 Å². The molecule has 0 fully saturated rings. The molecule has 0 bridgehead atoms. The number of hydrogen-bond donors (Lipinski definition) is 0. The average molecular weight is 436 g/mol. The summed E-state index contributed by atoms with van der Waals surface area (Å²) in [6.07, 6.45) is 0. The van der Waals surface area contributed by atoms with Crippen molar-refractivity contribution in [2.75, 3.05) is 7.05 Å². The molecule has 0 radical (unpaired) electrons. The number of hydrogen-bond acceptors (Lipinski definition) is 1. The van der Waals surface area contributed by atoms with Gasteiger partial charge in [-0.1, -0.05) is 33.6 Å². The van der Waals surface area contributed by atoms with E-state index in [-0.39, 0.29) is 12.5 Å². The molecule has 0 spiro atoms. The van der Waals surface area contributed by atoms with Crippen molar-refractivity contribution in [3.05, 3.63) is 67.3 Å². The van der Waals surface area contributed by atoms with Gasteiger partial charge in [0.1, 0.15) is 5.82 Å². The first kappa shape index (κ1) is 16.5. The van der Waals surface area contributed by atoms with Crippen LogP contribution in [0.3, 0.4) is 0 Å². The molecule has 0 heterocycles. The second-order valence-corrected chi connectivity index (χ2v) is 6.66. The molecular formula is C15H11Br2ClFNO. The molecule has 2 rings (SSSR count). The Morgan fingerprint density at radius 2 is 2.00 bits per heavy atom. The minimum atomic E-state index is -0.419. The largest absolute Gasteiger partial charge is 0.337 e. The van der Waals surface area contributed by atoms with Crippen LogP contribution in [0.2, 0.25) is 5.02 Å². The second kappa shape index (κ2) is 6.90. The first-order valence-electron chi connectivity index (χ1n) is 6.03. The topological polar surface area (TPSA) is 20.3 Å². The molecule has 0 N–H and O–H groups in total. The fraction of sp³-hybridized carbons (Fsp3) is 0.133. The molecule has 0 saturated carbocycles. The van der Waals surface area contributed by atoms with Gasteiger partial charge in [-0.05, 0) is 46.3 Å². The number of benzene rings is 2. The quantitative estimate of drug-likeness (QED) is 0.643. The van der Waals surface area contributed by atoms with Gasteiger partial charge < -0.3 is 4.90 Å². The summed E-state index contributed by atoms with van der Waals surface area (Å²) in [6.45, 7) is 0.104. The highest BCUT2D eigenvalue weighted by Crippen LogP contribution is 2.25. The monoisotopic (exact) mass is 433 g/mol. The van der Waals surface area contributed by atoms with Crippen LogP contribution in [0.4, 0.5) is 4.39 Å². The lowest BCUT2D eigenvalue weighted by molar-refractivity contribution is 0.0783. The minimum Gasteiger partial charge on any atom is -0.337 e. The molecule has 6 heteroatoms. The van der Waals surface area contributed by atoms with Crippen molar-refractivity contribution in [1.82, 2.24) is 4.90 Å². The zero-order valence-corrected chi connectivity index (χ0v) is 15.0. The van der Waals surface area contributed by atoms with E-state index in [0.29, 0.717) is 20.6 Å². The van der Waals surface area contributed by atoms with E-state index < -0.39 is 5.82 Å². The van der Waals surface area contributed by atoms with Crippen molar-refractivity contribution in [1.29, 1.82) is 0 Å². The smallest absolute Gasteiger partial charge is 0.255 e. The average Bonchev–Trinajstić information content (AvgIpc) is 2.42. The highest BCUT2D eigenvalue weighted by atomic mass is 79.9. The summed E-state index contributed by atoms with van der Waals surface area (Å²) in [6, 6.07) is 9.74. The van der Waals surface area contributed by atoms with Crippen molar-refractivity contribution in [2.45, 2.75) is 6.54 Å². The predicted molar refractivity (Wildman–Crippen MR) is 89.0 cm³/mol. The molecular weight excluding hydrogens is 424 g/mol. The molecule has 0 atom stereocenters. The van der Waals surface area contributed by atoms with Gasteiger partial charge in [0.25, 0.3) is 5.91 Å². The molecule has 2 aromatic rings. The van der Waals surface area contributed by atoms with Gasteiger partial charge in [0.15, 0.2) is 0 Å². The van der Waals surface area contributed by atoms with Crippen LogP contribution in [0.5, 0.6) is 0 Å². The molecule has 21 heavy (non-hydrogen) atoms. The van der Waals surface area contributed by atoms with E-state index >= 15 is 0 Å². The number of rotatable bonds is 3. The highest BCUT2D eigenvalue weighted by molar-refractivity contribution is 9.11. The van der Waals surface area contributed by atoms with Crippen LogP contribution < -0.4 is 0 Å². The van der Waals surface area contributed by atoms with Crippen molar-refractivity contribution in [3.8, 4) is 0 Å². The molecule has 0 aliphatic carbocycles. The summed E-state index contributed by atoms with van der Waals surface area (Å²) >= 11 is 12.7. The SMILES string of the molecule is CN(Cc1c(F)cccc1Cl)C(=O)c1ccc(Br)cc1Br. The summed E-state index contributed by atoms with van der Waals surface area (Å²) < 4.78 is 15.3. The summed E-state index contributed by atoms with van der Waals surface area (Å²) in [5.74, 6) is -0.634. The zero-order valence-electron chi connectivity index (χ0n) is 11.0. The van der Waals surface area contributed by atoms with Crippen LogP contribution >= 0.6 is 43.5 Å². The first-order valence-corrected chi connectivity index (χ1v) is 8.00. The molecule has 0 saturated heterocycles. The van der Waals surface area contributed by atoms with E-state index in [1.807, 2.05) is 0 Å². The molecule has 1 amide bonds. The van der Waals surface area contributed by atoms with Gasteiger partial charge in [-0.15, -0.1) is 0 Å². The van der Waals surface area contributed by atoms with Crippen LogP contribution in [0, 0.1) is 5.82 Å². The summed E-state index contributed by atoms with van der Waals surface area (Å²) in [4.78, 5) is 13.8. The Bertz CT molecular complexity index is 673. The third kappa shape index (κ3) is 3.84. The van der Waals surface area contributed by atoms with Gasteiger partial charge in [-0.25, -0.2) is 4.39 Å². The number of nitrogens with zero attached hydrogens (tertiary/aromatic N) is 1. The van der Waals surface area contributed by atoms with Crippen LogP contribution in [0.15, 0.2) is 45.3 Å². The Kier molecular flexibility index (Phi) is 5.41. The molecule has 0 unspecified atom stereocenters. The van der Waals surface area contributed by atoms with E-state index in [9.17, 15) is 9.18 Å². The second-order valence-electron chi connectivity index (χ2n) is 4.49. The van der Waals surface area contributed by atoms with Crippen LogP contribution in [-0.4, -0.2) is 17.9 Å². The maximum atomic E-state index is 13.8. The fourth-order valence-electron chi connectivity index (χ4n) is 1.86. The number of carbonyl (C=O) groups is 1. The molecule has 110 valence electrons. The van der Waals surface area contributed by atoms with Gasteiger partial charge in [0, 0.05) is 33.1 Å². The number of amides is 1. The molecule has 0 aliphatic rings. The maximum absolute atomic E-state index is 13.8. The standard InChI is InChI=1S/C15H11Br2ClFNO/c1-20(8-11-13(18)3-2-4-14(11)19)15(21)10-6-5-9(16)7-12(10)17/h2-7H,8H2,1H3. The lowest BCUT2D eigenvalue weighted by Crippen LogP contribution is -2.27. The minimum absolute atomic E-state index is 0.104. The predicted octanol–water partition coefficient (Wildman–Crippen LogP) is 5.28. The summed E-state index contributed by atoms with van der Waals surface area (Å²) in [7, 11) is 1.61. The van der Waals surface area contributed by atoms with Gasteiger partial charge in [-0.2, -0.15) is 0 Å². The van der Waals surface area contributed by atoms with Gasteiger partial charge >= 0.3 is 0 Å². The van der Waals surface area contributed by atoms with Crippen molar-refractivity contribution >= 4 is 49.4 Å². The highest BCUT2D eigenvalue weighted by Gasteiger charge is 2.18. The van der Waals surface area contributed by atoms with Crippen LogP contribution in [0.1, 0.15) is 15.9 Å².